The normalized spacial score (nSPS) is 14.0. The van der Waals surface area contributed by atoms with E-state index in [2.05, 4.69) is 43.2 Å². The van der Waals surface area contributed by atoms with Crippen LogP contribution in [0.15, 0.2) is 42.2 Å². The lowest BCUT2D eigenvalue weighted by atomic mass is 10.1. The van der Waals surface area contributed by atoms with E-state index < -0.39 is 11.6 Å². The summed E-state index contributed by atoms with van der Waals surface area (Å²) in [5.41, 5.74) is 3.57. The molecule has 1 N–H and O–H groups in total. The number of hydrogen-bond acceptors (Lipinski definition) is 6. The van der Waals surface area contributed by atoms with Gasteiger partial charge in [0.05, 0.1) is 11.7 Å². The second-order valence-corrected chi connectivity index (χ2v) is 9.05. The van der Waals surface area contributed by atoms with Crippen molar-refractivity contribution in [1.29, 1.82) is 0 Å². The number of pyridine rings is 1. The zero-order valence-electron chi connectivity index (χ0n) is 20.2. The summed E-state index contributed by atoms with van der Waals surface area (Å²) in [6.07, 6.45) is 4.99. The van der Waals surface area contributed by atoms with Crippen LogP contribution in [0.2, 0.25) is 0 Å². The van der Waals surface area contributed by atoms with Gasteiger partial charge in [0.1, 0.15) is 22.9 Å². The first-order valence-electron chi connectivity index (χ1n) is 11.7. The van der Waals surface area contributed by atoms with Gasteiger partial charge in [-0.15, -0.1) is 0 Å². The number of benzene rings is 1. The highest BCUT2D eigenvalue weighted by Crippen LogP contribution is 2.30. The third kappa shape index (κ3) is 4.51. The first-order chi connectivity index (χ1) is 16.8. The molecule has 1 aromatic carbocycles. The van der Waals surface area contributed by atoms with Crippen LogP contribution in [0.4, 0.5) is 20.5 Å². The van der Waals surface area contributed by atoms with Crippen molar-refractivity contribution in [1.82, 2.24) is 29.4 Å². The van der Waals surface area contributed by atoms with Crippen molar-refractivity contribution >= 4 is 28.9 Å². The van der Waals surface area contributed by atoms with Crippen LogP contribution >= 0.6 is 0 Å². The average molecular weight is 476 g/mol. The van der Waals surface area contributed by atoms with Crippen LogP contribution in [-0.2, 0) is 0 Å². The molecule has 0 aliphatic carbocycles. The highest BCUT2D eigenvalue weighted by molar-refractivity contribution is 5.83. The third-order valence-electron chi connectivity index (χ3n) is 6.16. The third-order valence-corrected chi connectivity index (χ3v) is 6.16. The van der Waals surface area contributed by atoms with Crippen molar-refractivity contribution in [2.75, 3.05) is 25.0 Å². The average Bonchev–Trinajstić information content (AvgIpc) is 3.15. The molecule has 180 valence electrons. The molecular formula is C26H27F2N7. The van der Waals surface area contributed by atoms with E-state index in [4.69, 9.17) is 0 Å². The SMILES string of the molecule is CCN1CC(=Cc2ccc(Nc3ncc(F)c(-c4cc(F)c5nc(C)n(C(C)C)c5c4)n3)nc2)C1. The number of fused-ring (bicyclic) bond motifs is 1. The summed E-state index contributed by atoms with van der Waals surface area (Å²) in [7, 11) is 0. The Kier molecular flexibility index (Phi) is 6.02. The Morgan fingerprint density at radius 2 is 1.86 bits per heavy atom. The van der Waals surface area contributed by atoms with Crippen molar-refractivity contribution < 1.29 is 8.78 Å². The first kappa shape index (κ1) is 23.0. The standard InChI is InChI=1S/C26H27F2N7/c1-5-34-13-18(14-34)8-17-6-7-23(29-11-17)32-26-30-12-21(28)24(33-26)19-9-20(27)25-22(10-19)35(15(2)3)16(4)31-25/h6-12,15H,5,13-14H2,1-4H3,(H,29,30,32,33). The van der Waals surface area contributed by atoms with Crippen LogP contribution in [0.5, 0.6) is 0 Å². The Balaban J connectivity index is 1.42. The van der Waals surface area contributed by atoms with Gasteiger partial charge in [-0.1, -0.05) is 13.0 Å². The highest BCUT2D eigenvalue weighted by atomic mass is 19.1. The zero-order valence-corrected chi connectivity index (χ0v) is 20.2. The van der Waals surface area contributed by atoms with Crippen molar-refractivity contribution in [2.45, 2.75) is 33.7 Å². The molecule has 0 bridgehead atoms. The van der Waals surface area contributed by atoms with Gasteiger partial charge >= 0.3 is 0 Å². The fourth-order valence-electron chi connectivity index (χ4n) is 4.45. The molecule has 0 saturated carbocycles. The highest BCUT2D eigenvalue weighted by Gasteiger charge is 2.19. The summed E-state index contributed by atoms with van der Waals surface area (Å²) in [5.74, 6) is 0.239. The number of likely N-dealkylation sites (N-methyl/N-ethyl adjacent to an activating group) is 1. The van der Waals surface area contributed by atoms with Gasteiger partial charge in [0.15, 0.2) is 11.6 Å². The van der Waals surface area contributed by atoms with E-state index in [-0.39, 0.29) is 23.2 Å². The second kappa shape index (κ2) is 9.14. The Morgan fingerprint density at radius 1 is 1.06 bits per heavy atom. The van der Waals surface area contributed by atoms with Crippen LogP contribution in [0.3, 0.4) is 0 Å². The lowest BCUT2D eigenvalue weighted by Crippen LogP contribution is -2.39. The van der Waals surface area contributed by atoms with Crippen LogP contribution in [0, 0.1) is 18.6 Å². The Labute approximate surface area is 202 Å². The van der Waals surface area contributed by atoms with Crippen molar-refractivity contribution in [2.24, 2.45) is 0 Å². The van der Waals surface area contributed by atoms with Gasteiger partial charge in [0.25, 0.3) is 0 Å². The maximum Gasteiger partial charge on any atom is 0.229 e. The van der Waals surface area contributed by atoms with Gasteiger partial charge < -0.3 is 9.88 Å². The number of aromatic nitrogens is 5. The molecule has 35 heavy (non-hydrogen) atoms. The molecule has 0 spiro atoms. The number of nitrogens with one attached hydrogen (secondary N) is 1. The molecule has 1 saturated heterocycles. The quantitative estimate of drug-likeness (QED) is 0.396. The Morgan fingerprint density at radius 3 is 2.54 bits per heavy atom. The summed E-state index contributed by atoms with van der Waals surface area (Å²) >= 11 is 0. The summed E-state index contributed by atoms with van der Waals surface area (Å²) in [5, 5.41) is 3.01. The van der Waals surface area contributed by atoms with E-state index in [1.807, 2.05) is 37.5 Å². The minimum absolute atomic E-state index is 0.00396. The largest absolute Gasteiger partial charge is 0.326 e. The number of likely N-dealkylation sites (tertiary alicyclic amines) is 1. The fourth-order valence-corrected chi connectivity index (χ4v) is 4.45. The molecule has 0 amide bonds. The number of hydrogen-bond donors (Lipinski definition) is 1. The van der Waals surface area contributed by atoms with Crippen molar-refractivity contribution in [3.05, 3.63) is 65.3 Å². The monoisotopic (exact) mass is 475 g/mol. The van der Waals surface area contributed by atoms with E-state index in [0.29, 0.717) is 22.7 Å². The van der Waals surface area contributed by atoms with Crippen LogP contribution in [-0.4, -0.2) is 49.0 Å². The van der Waals surface area contributed by atoms with Gasteiger partial charge in [-0.05, 0) is 62.7 Å². The number of anilines is 2. The summed E-state index contributed by atoms with van der Waals surface area (Å²) in [4.78, 5) is 19.5. The van der Waals surface area contributed by atoms with Gasteiger partial charge in [-0.3, -0.25) is 4.90 Å². The topological polar surface area (TPSA) is 71.8 Å². The van der Waals surface area contributed by atoms with Crippen molar-refractivity contribution in [3.63, 3.8) is 0 Å². The number of imidazole rings is 1. The molecule has 4 aromatic rings. The number of halogens is 2. The fraction of sp³-hybridized carbons (Fsp3) is 0.308. The number of nitrogens with zero attached hydrogens (tertiary/aromatic N) is 6. The summed E-state index contributed by atoms with van der Waals surface area (Å²) in [6.45, 7) is 11.0. The molecular weight excluding hydrogens is 448 g/mol. The zero-order chi connectivity index (χ0) is 24.7. The minimum Gasteiger partial charge on any atom is -0.326 e. The van der Waals surface area contributed by atoms with Crippen LogP contribution in [0.1, 0.15) is 38.2 Å². The molecule has 0 atom stereocenters. The predicted octanol–water partition coefficient (Wildman–Crippen LogP) is 5.52. The smallest absolute Gasteiger partial charge is 0.229 e. The second-order valence-electron chi connectivity index (χ2n) is 9.05. The molecule has 5 rings (SSSR count). The molecule has 0 radical (unpaired) electrons. The van der Waals surface area contributed by atoms with Crippen LogP contribution < -0.4 is 5.32 Å². The molecule has 0 unspecified atom stereocenters. The lowest BCUT2D eigenvalue weighted by molar-refractivity contribution is 0.266. The number of rotatable bonds is 6. The predicted molar refractivity (Wildman–Crippen MR) is 133 cm³/mol. The van der Waals surface area contributed by atoms with E-state index in [1.165, 1.54) is 11.6 Å². The van der Waals surface area contributed by atoms with Gasteiger partial charge in [0.2, 0.25) is 5.95 Å². The number of aryl methyl sites for hydroxylation is 1. The Hall–Kier alpha value is -3.72. The molecule has 3 aromatic heterocycles. The van der Waals surface area contributed by atoms with Gasteiger partial charge in [-0.25, -0.2) is 28.7 Å². The lowest BCUT2D eigenvalue weighted by Gasteiger charge is -2.32. The van der Waals surface area contributed by atoms with E-state index >= 15 is 0 Å². The molecule has 7 nitrogen and oxygen atoms in total. The molecule has 4 heterocycles. The maximum absolute atomic E-state index is 14.9. The van der Waals surface area contributed by atoms with Crippen LogP contribution in [0.25, 0.3) is 28.4 Å². The Bertz CT molecular complexity index is 1420. The molecule has 1 aliphatic rings. The van der Waals surface area contributed by atoms with Gasteiger partial charge in [-0.2, -0.15) is 0 Å². The van der Waals surface area contributed by atoms with E-state index in [0.717, 1.165) is 31.4 Å². The summed E-state index contributed by atoms with van der Waals surface area (Å²) in [6, 6.07) is 6.83. The first-order valence-corrected chi connectivity index (χ1v) is 11.7. The van der Waals surface area contributed by atoms with E-state index in [9.17, 15) is 8.78 Å². The molecule has 9 heteroatoms. The molecule has 1 aliphatic heterocycles. The molecule has 1 fully saturated rings. The van der Waals surface area contributed by atoms with Gasteiger partial charge in [0, 0.05) is 30.9 Å². The van der Waals surface area contributed by atoms with Crippen molar-refractivity contribution in [3.8, 4) is 11.3 Å². The maximum atomic E-state index is 14.9. The van der Waals surface area contributed by atoms with E-state index in [1.54, 1.807) is 12.3 Å². The minimum atomic E-state index is -0.641. The summed E-state index contributed by atoms with van der Waals surface area (Å²) < 4.78 is 31.5.